The van der Waals surface area contributed by atoms with Crippen LogP contribution in [-0.2, 0) is 0 Å². The predicted octanol–water partition coefficient (Wildman–Crippen LogP) is 1.72. The summed E-state index contributed by atoms with van der Waals surface area (Å²) in [5, 5.41) is 0.907. The van der Waals surface area contributed by atoms with E-state index in [0.29, 0.717) is 0 Å². The molecule has 1 unspecified atom stereocenters. The number of rotatable bonds is 1. The third-order valence-corrected chi connectivity index (χ3v) is 2.51. The van der Waals surface area contributed by atoms with Crippen LogP contribution in [0.3, 0.4) is 0 Å². The molecular formula is C5H9S. The second-order valence-electron chi connectivity index (χ2n) is 1.53. The first-order chi connectivity index (χ1) is 2.93. The summed E-state index contributed by atoms with van der Waals surface area (Å²) in [6.45, 7) is 2.14. The van der Waals surface area contributed by atoms with Crippen molar-refractivity contribution in [3.8, 4) is 0 Å². The first kappa shape index (κ1) is 4.51. The number of hydrogen-bond acceptors (Lipinski definition) is 1. The van der Waals surface area contributed by atoms with E-state index in [1.165, 1.54) is 12.2 Å². The van der Waals surface area contributed by atoms with Gasteiger partial charge in [-0.1, -0.05) is 6.92 Å². The van der Waals surface area contributed by atoms with Crippen LogP contribution in [0.4, 0.5) is 0 Å². The summed E-state index contributed by atoms with van der Waals surface area (Å²) in [4.78, 5) is 0. The van der Waals surface area contributed by atoms with Crippen LogP contribution >= 0.6 is 11.8 Å². The molecule has 0 aromatic heterocycles. The smallest absolute Gasteiger partial charge is 0.00834 e. The van der Waals surface area contributed by atoms with Gasteiger partial charge in [0.25, 0.3) is 0 Å². The molecule has 1 aliphatic rings. The molecule has 0 nitrogen and oxygen atoms in total. The molecule has 35 valence electrons. The fourth-order valence-electron chi connectivity index (χ4n) is 0.517. The molecule has 0 spiro atoms. The Morgan fingerprint density at radius 1 is 1.83 bits per heavy atom. The summed E-state index contributed by atoms with van der Waals surface area (Å²) in [7, 11) is 0. The summed E-state index contributed by atoms with van der Waals surface area (Å²) < 4.78 is 0. The van der Waals surface area contributed by atoms with E-state index in [0.717, 1.165) is 5.25 Å². The second kappa shape index (κ2) is 1.87. The van der Waals surface area contributed by atoms with Crippen LogP contribution in [0.1, 0.15) is 13.3 Å². The lowest BCUT2D eigenvalue weighted by Gasteiger charge is -2.22. The SMILES string of the molecule is C[CH]C1CCS1. The molecule has 0 amide bonds. The fourth-order valence-corrected chi connectivity index (χ4v) is 1.22. The molecule has 0 aromatic rings. The maximum atomic E-state index is 2.27. The van der Waals surface area contributed by atoms with Crippen molar-refractivity contribution in [2.75, 3.05) is 5.75 Å². The van der Waals surface area contributed by atoms with Gasteiger partial charge in [-0.15, -0.1) is 0 Å². The molecular weight excluding hydrogens is 92.1 g/mol. The summed E-state index contributed by atoms with van der Waals surface area (Å²) in [6.07, 6.45) is 3.69. The Labute approximate surface area is 43.3 Å². The van der Waals surface area contributed by atoms with Crippen LogP contribution in [0.2, 0.25) is 0 Å². The van der Waals surface area contributed by atoms with Crippen molar-refractivity contribution in [3.05, 3.63) is 6.42 Å². The van der Waals surface area contributed by atoms with Gasteiger partial charge in [0.2, 0.25) is 0 Å². The molecule has 1 fully saturated rings. The van der Waals surface area contributed by atoms with Crippen LogP contribution < -0.4 is 0 Å². The van der Waals surface area contributed by atoms with E-state index in [2.05, 4.69) is 13.3 Å². The highest BCUT2D eigenvalue weighted by atomic mass is 32.2. The lowest BCUT2D eigenvalue weighted by atomic mass is 10.2. The average Bonchev–Trinajstić information content (AvgIpc) is 1.31. The number of thioether (sulfide) groups is 1. The predicted molar refractivity (Wildman–Crippen MR) is 30.8 cm³/mol. The molecule has 1 aliphatic heterocycles. The van der Waals surface area contributed by atoms with Crippen LogP contribution in [0.15, 0.2) is 0 Å². The average molecular weight is 101 g/mol. The Bertz CT molecular complexity index is 36.4. The van der Waals surface area contributed by atoms with Crippen molar-refractivity contribution in [1.82, 2.24) is 0 Å². The van der Waals surface area contributed by atoms with E-state index in [9.17, 15) is 0 Å². The third kappa shape index (κ3) is 0.700. The normalized spacial score (nSPS) is 32.5. The molecule has 1 saturated heterocycles. The summed E-state index contributed by atoms with van der Waals surface area (Å²) in [6, 6.07) is 0. The fraction of sp³-hybridized carbons (Fsp3) is 0.800. The van der Waals surface area contributed by atoms with Gasteiger partial charge in [-0.05, 0) is 18.6 Å². The first-order valence-corrected chi connectivity index (χ1v) is 3.39. The highest BCUT2D eigenvalue weighted by molar-refractivity contribution is 8.01. The van der Waals surface area contributed by atoms with Crippen molar-refractivity contribution >= 4 is 11.8 Å². The van der Waals surface area contributed by atoms with Crippen molar-refractivity contribution in [3.63, 3.8) is 0 Å². The lowest BCUT2D eigenvalue weighted by Crippen LogP contribution is -2.13. The van der Waals surface area contributed by atoms with E-state index in [-0.39, 0.29) is 0 Å². The third-order valence-electron chi connectivity index (χ3n) is 1.11. The minimum absolute atomic E-state index is 0.907. The zero-order valence-electron chi connectivity index (χ0n) is 3.98. The minimum Gasteiger partial charge on any atom is -0.158 e. The highest BCUT2D eigenvalue weighted by Crippen LogP contribution is 2.28. The Kier molecular flexibility index (Phi) is 1.41. The molecule has 0 aliphatic carbocycles. The van der Waals surface area contributed by atoms with Gasteiger partial charge in [0, 0.05) is 5.25 Å². The van der Waals surface area contributed by atoms with Gasteiger partial charge in [0.15, 0.2) is 0 Å². The first-order valence-electron chi connectivity index (χ1n) is 2.34. The van der Waals surface area contributed by atoms with E-state index in [1.54, 1.807) is 0 Å². The Balaban J connectivity index is 2.01. The molecule has 0 N–H and O–H groups in total. The molecule has 1 rings (SSSR count). The van der Waals surface area contributed by atoms with E-state index in [1.807, 2.05) is 11.8 Å². The molecule has 0 aromatic carbocycles. The van der Waals surface area contributed by atoms with Crippen LogP contribution in [0, 0.1) is 6.42 Å². The topological polar surface area (TPSA) is 0 Å². The largest absolute Gasteiger partial charge is 0.158 e. The van der Waals surface area contributed by atoms with Gasteiger partial charge >= 0.3 is 0 Å². The molecule has 0 saturated carbocycles. The van der Waals surface area contributed by atoms with Gasteiger partial charge in [0.05, 0.1) is 0 Å². The van der Waals surface area contributed by atoms with Crippen LogP contribution in [0.5, 0.6) is 0 Å². The van der Waals surface area contributed by atoms with Crippen molar-refractivity contribution in [1.29, 1.82) is 0 Å². The summed E-state index contributed by atoms with van der Waals surface area (Å²) >= 11 is 2.05. The molecule has 0 bridgehead atoms. The molecule has 1 heterocycles. The highest BCUT2D eigenvalue weighted by Gasteiger charge is 2.14. The van der Waals surface area contributed by atoms with Gasteiger partial charge in [-0.25, -0.2) is 0 Å². The van der Waals surface area contributed by atoms with Gasteiger partial charge in [0.1, 0.15) is 0 Å². The number of hydrogen-bond donors (Lipinski definition) is 0. The molecule has 1 radical (unpaired) electrons. The van der Waals surface area contributed by atoms with Gasteiger partial charge in [-0.2, -0.15) is 11.8 Å². The van der Waals surface area contributed by atoms with Gasteiger partial charge < -0.3 is 0 Å². The lowest BCUT2D eigenvalue weighted by molar-refractivity contribution is 0.876. The van der Waals surface area contributed by atoms with E-state index >= 15 is 0 Å². The summed E-state index contributed by atoms with van der Waals surface area (Å²) in [5.74, 6) is 1.38. The van der Waals surface area contributed by atoms with Crippen molar-refractivity contribution in [2.24, 2.45) is 0 Å². The zero-order valence-corrected chi connectivity index (χ0v) is 4.79. The minimum atomic E-state index is 0.907. The Hall–Kier alpha value is 0.350. The van der Waals surface area contributed by atoms with Gasteiger partial charge in [-0.3, -0.25) is 0 Å². The Morgan fingerprint density at radius 3 is 2.50 bits per heavy atom. The van der Waals surface area contributed by atoms with Crippen LogP contribution in [-0.4, -0.2) is 11.0 Å². The molecule has 1 atom stereocenters. The van der Waals surface area contributed by atoms with E-state index < -0.39 is 0 Å². The quantitative estimate of drug-likeness (QED) is 0.484. The standard InChI is InChI=1S/C5H9S/c1-2-5-3-4-6-5/h2,5H,3-4H2,1H3. The summed E-state index contributed by atoms with van der Waals surface area (Å²) in [5.41, 5.74) is 0. The van der Waals surface area contributed by atoms with Crippen LogP contribution in [0.25, 0.3) is 0 Å². The second-order valence-corrected chi connectivity index (χ2v) is 2.88. The monoisotopic (exact) mass is 101 g/mol. The molecule has 1 heteroatoms. The van der Waals surface area contributed by atoms with E-state index in [4.69, 9.17) is 0 Å². The van der Waals surface area contributed by atoms with Crippen molar-refractivity contribution < 1.29 is 0 Å². The Morgan fingerprint density at radius 2 is 2.50 bits per heavy atom. The molecule has 6 heavy (non-hydrogen) atoms. The zero-order chi connectivity index (χ0) is 4.41. The maximum Gasteiger partial charge on any atom is 0.00834 e. The maximum absolute atomic E-state index is 2.27. The van der Waals surface area contributed by atoms with Crippen molar-refractivity contribution in [2.45, 2.75) is 18.6 Å².